The highest BCUT2D eigenvalue weighted by atomic mass is 35.5. The van der Waals surface area contributed by atoms with E-state index in [1.165, 1.54) is 49.2 Å². The van der Waals surface area contributed by atoms with E-state index in [1.54, 1.807) is 30.6 Å². The quantitative estimate of drug-likeness (QED) is 0.574. The molecule has 0 aliphatic heterocycles. The number of aromatic nitrogens is 4. The lowest BCUT2D eigenvalue weighted by molar-refractivity contribution is 0.208. The highest BCUT2D eigenvalue weighted by molar-refractivity contribution is 6.31. The number of benzene rings is 1. The monoisotopic (exact) mass is 386 g/mol. The van der Waals surface area contributed by atoms with E-state index in [2.05, 4.69) is 15.1 Å². The Balaban J connectivity index is 1.60. The first-order chi connectivity index (χ1) is 13.2. The Morgan fingerprint density at radius 3 is 2.78 bits per heavy atom. The molecule has 4 rings (SSSR count). The van der Waals surface area contributed by atoms with Gasteiger partial charge in [-0.3, -0.25) is 0 Å². The molecule has 0 saturated heterocycles. The molecule has 0 radical (unpaired) electrons. The van der Waals surface area contributed by atoms with Crippen molar-refractivity contribution >= 4 is 11.6 Å². The van der Waals surface area contributed by atoms with Gasteiger partial charge in [0.05, 0.1) is 12.8 Å². The maximum Gasteiger partial charge on any atom is 0.183 e. The number of rotatable bonds is 5. The van der Waals surface area contributed by atoms with Gasteiger partial charge in [-0.1, -0.05) is 43.0 Å². The molecule has 0 N–H and O–H groups in total. The van der Waals surface area contributed by atoms with Crippen LogP contribution in [0, 0.1) is 11.7 Å². The Morgan fingerprint density at radius 1 is 1.15 bits per heavy atom. The van der Waals surface area contributed by atoms with Crippen molar-refractivity contribution in [3.63, 3.8) is 0 Å². The Bertz CT molecular complexity index is 924. The number of hydrogen-bond acceptors (Lipinski definition) is 4. The van der Waals surface area contributed by atoms with Crippen molar-refractivity contribution in [2.75, 3.05) is 6.61 Å². The highest BCUT2D eigenvalue weighted by Gasteiger charge is 2.19. The minimum atomic E-state index is -0.346. The minimum Gasteiger partial charge on any atom is -0.488 e. The third kappa shape index (κ3) is 3.95. The number of ether oxygens (including phenoxy) is 1. The van der Waals surface area contributed by atoms with E-state index in [0.29, 0.717) is 35.2 Å². The van der Waals surface area contributed by atoms with E-state index >= 15 is 0 Å². The zero-order valence-corrected chi connectivity index (χ0v) is 15.6. The third-order valence-electron chi connectivity index (χ3n) is 4.90. The largest absolute Gasteiger partial charge is 0.488 e. The number of halogens is 2. The van der Waals surface area contributed by atoms with E-state index < -0.39 is 0 Å². The van der Waals surface area contributed by atoms with Gasteiger partial charge in [0.25, 0.3) is 0 Å². The summed E-state index contributed by atoms with van der Waals surface area (Å²) < 4.78 is 21.5. The summed E-state index contributed by atoms with van der Waals surface area (Å²) in [5, 5.41) is 4.53. The normalized spacial score (nSPS) is 15.0. The van der Waals surface area contributed by atoms with Crippen LogP contribution in [0.25, 0.3) is 16.9 Å². The van der Waals surface area contributed by atoms with Crippen molar-refractivity contribution in [1.82, 2.24) is 19.7 Å². The molecule has 3 aromatic rings. The fourth-order valence-electron chi connectivity index (χ4n) is 3.46. The molecule has 5 nitrogen and oxygen atoms in total. The summed E-state index contributed by atoms with van der Waals surface area (Å²) in [5.74, 6) is 0.642. The molecule has 1 aliphatic rings. The van der Waals surface area contributed by atoms with Crippen LogP contribution in [0.1, 0.15) is 32.1 Å². The molecule has 2 aromatic heterocycles. The molecular formula is C20H20ClFN4O. The molecule has 1 fully saturated rings. The van der Waals surface area contributed by atoms with Crippen molar-refractivity contribution in [2.45, 2.75) is 32.1 Å². The molecule has 1 saturated carbocycles. The first-order valence-electron chi connectivity index (χ1n) is 9.15. The molecule has 2 heterocycles. The lowest BCUT2D eigenvalue weighted by Crippen LogP contribution is -2.16. The molecule has 1 aliphatic carbocycles. The van der Waals surface area contributed by atoms with E-state index in [4.69, 9.17) is 16.3 Å². The number of hydrogen-bond donors (Lipinski definition) is 0. The molecule has 1 aromatic carbocycles. The van der Waals surface area contributed by atoms with Gasteiger partial charge in [0.2, 0.25) is 0 Å². The summed E-state index contributed by atoms with van der Waals surface area (Å²) in [5.41, 5.74) is 1.63. The van der Waals surface area contributed by atoms with E-state index in [9.17, 15) is 4.39 Å². The fraction of sp³-hybridized carbons (Fsp3) is 0.350. The molecular weight excluding hydrogens is 367 g/mol. The molecule has 0 unspecified atom stereocenters. The Hall–Kier alpha value is -2.47. The van der Waals surface area contributed by atoms with Crippen molar-refractivity contribution in [1.29, 1.82) is 0 Å². The van der Waals surface area contributed by atoms with Crippen LogP contribution >= 0.6 is 11.6 Å². The van der Waals surface area contributed by atoms with Gasteiger partial charge in [0, 0.05) is 11.8 Å². The molecule has 27 heavy (non-hydrogen) atoms. The molecule has 7 heteroatoms. The standard InChI is InChI=1S/C20H20ClFN4O/c21-20-19(27-12-14-6-2-1-3-7-14)18(23-13-24-20)15-10-25-26(11-15)17-9-5-4-8-16(17)22/h4-5,8-11,13-14H,1-3,6-7,12H2. The van der Waals surface area contributed by atoms with E-state index in [0.717, 1.165) is 0 Å². The molecule has 0 spiro atoms. The first-order valence-corrected chi connectivity index (χ1v) is 9.53. The Morgan fingerprint density at radius 2 is 1.96 bits per heavy atom. The predicted molar refractivity (Wildman–Crippen MR) is 102 cm³/mol. The van der Waals surface area contributed by atoms with Gasteiger partial charge < -0.3 is 4.74 Å². The molecule has 0 atom stereocenters. The third-order valence-corrected chi connectivity index (χ3v) is 5.17. The summed E-state index contributed by atoms with van der Waals surface area (Å²) in [4.78, 5) is 8.39. The average molecular weight is 387 g/mol. The maximum atomic E-state index is 14.0. The zero-order valence-electron chi connectivity index (χ0n) is 14.8. The molecule has 0 amide bonds. The number of para-hydroxylation sites is 1. The summed E-state index contributed by atoms with van der Waals surface area (Å²) in [6.07, 6.45) is 10.9. The van der Waals surface area contributed by atoms with Gasteiger partial charge >= 0.3 is 0 Å². The van der Waals surface area contributed by atoms with Crippen LogP contribution in [0.5, 0.6) is 5.75 Å². The van der Waals surface area contributed by atoms with Crippen LogP contribution in [0.15, 0.2) is 43.0 Å². The van der Waals surface area contributed by atoms with Gasteiger partial charge in [0.15, 0.2) is 10.9 Å². The van der Waals surface area contributed by atoms with Crippen LogP contribution < -0.4 is 4.74 Å². The van der Waals surface area contributed by atoms with Crippen LogP contribution in [-0.4, -0.2) is 26.4 Å². The average Bonchev–Trinajstić information content (AvgIpc) is 3.18. The van der Waals surface area contributed by atoms with Gasteiger partial charge in [-0.25, -0.2) is 19.0 Å². The molecule has 0 bridgehead atoms. The maximum absolute atomic E-state index is 14.0. The zero-order chi connectivity index (χ0) is 18.6. The van der Waals surface area contributed by atoms with Gasteiger partial charge in [0.1, 0.15) is 23.5 Å². The van der Waals surface area contributed by atoms with E-state index in [-0.39, 0.29) is 11.0 Å². The van der Waals surface area contributed by atoms with Crippen molar-refractivity contribution in [2.24, 2.45) is 5.92 Å². The van der Waals surface area contributed by atoms with Crippen molar-refractivity contribution in [3.05, 3.63) is 54.0 Å². The van der Waals surface area contributed by atoms with Crippen molar-refractivity contribution < 1.29 is 9.13 Å². The van der Waals surface area contributed by atoms with Crippen LogP contribution in [0.2, 0.25) is 5.15 Å². The van der Waals surface area contributed by atoms with Gasteiger partial charge in [-0.15, -0.1) is 0 Å². The topological polar surface area (TPSA) is 52.8 Å². The minimum absolute atomic E-state index is 0.273. The fourth-order valence-corrected chi connectivity index (χ4v) is 3.64. The second-order valence-corrected chi connectivity index (χ2v) is 7.14. The summed E-state index contributed by atoms with van der Waals surface area (Å²) in [6, 6.07) is 6.47. The van der Waals surface area contributed by atoms with Crippen LogP contribution in [-0.2, 0) is 0 Å². The van der Waals surface area contributed by atoms with Crippen LogP contribution in [0.3, 0.4) is 0 Å². The van der Waals surface area contributed by atoms with Crippen molar-refractivity contribution in [3.8, 4) is 22.7 Å². The van der Waals surface area contributed by atoms with E-state index in [1.807, 2.05) is 0 Å². The Kier molecular flexibility index (Phi) is 5.34. The summed E-state index contributed by atoms with van der Waals surface area (Å²) >= 11 is 6.28. The lowest BCUT2D eigenvalue weighted by atomic mass is 9.90. The smallest absolute Gasteiger partial charge is 0.183 e. The Labute approximate surface area is 162 Å². The lowest BCUT2D eigenvalue weighted by Gasteiger charge is -2.22. The molecule has 140 valence electrons. The second kappa shape index (κ2) is 8.05. The summed E-state index contributed by atoms with van der Waals surface area (Å²) in [6.45, 7) is 0.599. The highest BCUT2D eigenvalue weighted by Crippen LogP contribution is 2.34. The number of nitrogens with zero attached hydrogens (tertiary/aromatic N) is 4. The summed E-state index contributed by atoms with van der Waals surface area (Å²) in [7, 11) is 0. The van der Waals surface area contributed by atoms with Gasteiger partial charge in [-0.2, -0.15) is 5.10 Å². The van der Waals surface area contributed by atoms with Gasteiger partial charge in [-0.05, 0) is 30.9 Å². The first kappa shape index (κ1) is 17.9. The van der Waals surface area contributed by atoms with Crippen LogP contribution in [0.4, 0.5) is 4.39 Å². The SMILES string of the molecule is Fc1ccccc1-n1cc(-c2ncnc(Cl)c2OCC2CCCCC2)cn1. The predicted octanol–water partition coefficient (Wildman–Crippen LogP) is 5.08. The second-order valence-electron chi connectivity index (χ2n) is 6.78.